The minimum absolute atomic E-state index is 0.0927. The highest BCUT2D eigenvalue weighted by atomic mass is 32.1. The van der Waals surface area contributed by atoms with Gasteiger partial charge < -0.3 is 10.4 Å². The largest absolute Gasteiger partial charge is 0.846 e. The van der Waals surface area contributed by atoms with Crippen LogP contribution < -0.4 is 15.1 Å². The van der Waals surface area contributed by atoms with Gasteiger partial charge in [0.15, 0.2) is 0 Å². The van der Waals surface area contributed by atoms with Crippen LogP contribution in [0.3, 0.4) is 0 Å². The normalized spacial score (nSPS) is 12.2. The number of hydrogen-bond donors (Lipinski definition) is 1. The maximum absolute atomic E-state index is 12.7. The molecule has 4 rings (SSSR count). The van der Waals surface area contributed by atoms with Crippen molar-refractivity contribution < 1.29 is 27.5 Å². The van der Waals surface area contributed by atoms with Crippen LogP contribution in [0.25, 0.3) is 11.1 Å². The Balaban J connectivity index is 1.42. The molecule has 0 spiro atoms. The lowest BCUT2D eigenvalue weighted by Crippen LogP contribution is -2.35. The lowest BCUT2D eigenvalue weighted by Gasteiger charge is -2.13. The molecule has 0 aliphatic heterocycles. The molecule has 0 bridgehead atoms. The first-order valence-electron chi connectivity index (χ1n) is 9.63. The molecule has 8 nitrogen and oxygen atoms in total. The van der Waals surface area contributed by atoms with Crippen LogP contribution in [-0.2, 0) is 12.7 Å². The third-order valence-electron chi connectivity index (χ3n) is 4.63. The zero-order chi connectivity index (χ0) is 23.6. The monoisotopic (exact) mass is 474 g/mol. The molecule has 170 valence electrons. The molecule has 33 heavy (non-hydrogen) atoms. The fraction of sp³-hybridized carbons (Fsp3) is 0.190. The van der Waals surface area contributed by atoms with E-state index in [-0.39, 0.29) is 11.6 Å². The summed E-state index contributed by atoms with van der Waals surface area (Å²) < 4.78 is 49.1. The predicted molar refractivity (Wildman–Crippen MR) is 113 cm³/mol. The molecule has 0 unspecified atom stereocenters. The van der Waals surface area contributed by atoms with Crippen molar-refractivity contribution in [3.63, 3.8) is 0 Å². The van der Waals surface area contributed by atoms with Gasteiger partial charge in [-0.2, -0.15) is 17.5 Å². The first-order valence-corrected chi connectivity index (χ1v) is 10.4. The second-order valence-corrected chi connectivity index (χ2v) is 8.08. The van der Waals surface area contributed by atoms with Gasteiger partial charge in [0.25, 0.3) is 6.20 Å². The zero-order valence-electron chi connectivity index (χ0n) is 17.4. The lowest BCUT2D eigenvalue weighted by molar-refractivity contribution is -0.754. The predicted octanol–water partition coefficient (Wildman–Crippen LogP) is 3.62. The van der Waals surface area contributed by atoms with Gasteiger partial charge in [-0.25, -0.2) is 4.99 Å². The maximum atomic E-state index is 12.7. The molecule has 0 saturated carbocycles. The minimum atomic E-state index is -4.62. The summed E-state index contributed by atoms with van der Waals surface area (Å²) in [4.78, 5) is 8.05. The molecule has 1 N–H and O–H groups in total. The molecule has 0 atom stereocenters. The van der Waals surface area contributed by atoms with E-state index in [2.05, 4.69) is 24.9 Å². The molecule has 0 aliphatic carbocycles. The summed E-state index contributed by atoms with van der Waals surface area (Å²) in [6.07, 6.45) is -2.26. The van der Waals surface area contributed by atoms with E-state index in [4.69, 9.17) is 4.52 Å². The summed E-state index contributed by atoms with van der Waals surface area (Å²) in [6, 6.07) is 8.95. The van der Waals surface area contributed by atoms with Gasteiger partial charge in [-0.1, -0.05) is 24.3 Å². The number of nitrogens with one attached hydrogen (secondary N) is 1. The fourth-order valence-electron chi connectivity index (χ4n) is 3.17. The first kappa shape index (κ1) is 22.4. The summed E-state index contributed by atoms with van der Waals surface area (Å²) in [6.45, 7) is 4.38. The topological polar surface area (TPSA) is 103 Å². The molecule has 0 amide bonds. The summed E-state index contributed by atoms with van der Waals surface area (Å²) in [5.41, 5.74) is 2.92. The fourth-order valence-corrected chi connectivity index (χ4v) is 3.89. The van der Waals surface area contributed by atoms with E-state index in [9.17, 15) is 18.3 Å². The summed E-state index contributed by atoms with van der Waals surface area (Å²) >= 11 is 1.47. The van der Waals surface area contributed by atoms with Gasteiger partial charge in [0.1, 0.15) is 5.69 Å². The number of anilines is 1. The van der Waals surface area contributed by atoms with E-state index in [1.54, 1.807) is 0 Å². The Bertz CT molecular complexity index is 1280. The van der Waals surface area contributed by atoms with E-state index in [1.807, 2.05) is 38.1 Å². The number of halogens is 3. The highest BCUT2D eigenvalue weighted by Crippen LogP contribution is 2.30. The number of benzene rings is 1. The number of aromatic nitrogens is 4. The van der Waals surface area contributed by atoms with Crippen LogP contribution in [0.2, 0.25) is 0 Å². The Kier molecular flexibility index (Phi) is 6.09. The summed E-state index contributed by atoms with van der Waals surface area (Å²) in [5.74, 6) is -0.0928. The smallest absolute Gasteiger partial charge is 0.433 e. The van der Waals surface area contributed by atoms with E-state index in [1.165, 1.54) is 28.5 Å². The first-order chi connectivity index (χ1) is 15.7. The Labute approximate surface area is 190 Å². The van der Waals surface area contributed by atoms with Crippen LogP contribution in [0, 0.1) is 13.8 Å². The van der Waals surface area contributed by atoms with Crippen molar-refractivity contribution >= 4 is 29.1 Å². The van der Waals surface area contributed by atoms with Gasteiger partial charge in [-0.15, -0.1) is 0 Å². The van der Waals surface area contributed by atoms with E-state index in [0.29, 0.717) is 12.6 Å². The molecule has 0 fully saturated rings. The standard InChI is InChI=1S/C21H17F3N6O2S/c1-12-19(13(2)33-28-12)15-5-3-14(4-6-15)10-30-11-18(32-29-30)27-20(31)26-16-7-8-25-17(9-16)21(22,23)24/h3-9,11H,10H2,1-2H3,(H-,25,26,27,29,31). The molecular formula is C21H17F3N6O2S. The molecule has 0 radical (unpaired) electrons. The van der Waals surface area contributed by atoms with Gasteiger partial charge in [0.2, 0.25) is 11.8 Å². The highest BCUT2D eigenvalue weighted by molar-refractivity contribution is 7.06. The molecule has 3 aromatic heterocycles. The number of nitrogens with zero attached hydrogens (tertiary/aromatic N) is 5. The number of aliphatic imine (C=N–C) groups is 1. The van der Waals surface area contributed by atoms with Crippen LogP contribution in [0.5, 0.6) is 0 Å². The average Bonchev–Trinajstić information content (AvgIpc) is 3.33. The van der Waals surface area contributed by atoms with Gasteiger partial charge in [0.05, 0.1) is 11.7 Å². The van der Waals surface area contributed by atoms with Crippen LogP contribution in [0.4, 0.5) is 24.7 Å². The number of rotatable bonds is 5. The Morgan fingerprint density at radius 2 is 1.97 bits per heavy atom. The minimum Gasteiger partial charge on any atom is -0.846 e. The number of pyridine rings is 1. The van der Waals surface area contributed by atoms with E-state index < -0.39 is 17.9 Å². The maximum Gasteiger partial charge on any atom is 0.433 e. The van der Waals surface area contributed by atoms with Crippen LogP contribution in [0.1, 0.15) is 21.8 Å². The number of hydrogen-bond acceptors (Lipinski definition) is 7. The van der Waals surface area contributed by atoms with E-state index in [0.717, 1.165) is 33.5 Å². The molecular weight excluding hydrogens is 457 g/mol. The van der Waals surface area contributed by atoms with Gasteiger partial charge in [-0.05, 0) is 47.8 Å². The quantitative estimate of drug-likeness (QED) is 0.269. The second kappa shape index (κ2) is 8.98. The number of aryl methyl sites for hydroxylation is 2. The Morgan fingerprint density at radius 1 is 1.21 bits per heavy atom. The third kappa shape index (κ3) is 5.34. The molecule has 0 aliphatic rings. The molecule has 1 aromatic carbocycles. The molecule has 0 saturated heterocycles. The van der Waals surface area contributed by atoms with Gasteiger partial charge in [0, 0.05) is 27.9 Å². The van der Waals surface area contributed by atoms with Gasteiger partial charge in [-0.3, -0.25) is 9.51 Å². The van der Waals surface area contributed by atoms with Crippen LogP contribution >= 0.6 is 11.5 Å². The van der Waals surface area contributed by atoms with Crippen molar-refractivity contribution in [2.45, 2.75) is 26.6 Å². The third-order valence-corrected chi connectivity index (χ3v) is 5.48. The van der Waals surface area contributed by atoms with Crippen LogP contribution in [0.15, 0.2) is 58.3 Å². The molecule has 12 heteroatoms. The summed E-state index contributed by atoms with van der Waals surface area (Å²) in [5, 5.41) is 18.1. The van der Waals surface area contributed by atoms with Crippen molar-refractivity contribution in [1.82, 2.24) is 14.6 Å². The zero-order valence-corrected chi connectivity index (χ0v) is 18.2. The molecule has 3 heterocycles. The highest BCUT2D eigenvalue weighted by Gasteiger charge is 2.32. The molecule has 4 aromatic rings. The van der Waals surface area contributed by atoms with Crippen molar-refractivity contribution in [1.29, 1.82) is 0 Å². The number of alkyl halides is 3. The van der Waals surface area contributed by atoms with Crippen molar-refractivity contribution in [2.75, 3.05) is 5.32 Å². The Morgan fingerprint density at radius 3 is 2.64 bits per heavy atom. The van der Waals surface area contributed by atoms with Crippen LogP contribution in [-0.4, -0.2) is 20.7 Å². The van der Waals surface area contributed by atoms with Crippen molar-refractivity contribution in [3.05, 3.63) is 70.6 Å². The van der Waals surface area contributed by atoms with Crippen molar-refractivity contribution in [3.8, 4) is 11.1 Å². The van der Waals surface area contributed by atoms with E-state index >= 15 is 0 Å². The second-order valence-electron chi connectivity index (χ2n) is 7.10. The lowest BCUT2D eigenvalue weighted by atomic mass is 10.0. The van der Waals surface area contributed by atoms with Crippen molar-refractivity contribution in [2.24, 2.45) is 4.99 Å². The summed E-state index contributed by atoms with van der Waals surface area (Å²) in [7, 11) is 0. The van der Waals surface area contributed by atoms with Gasteiger partial charge >= 0.3 is 12.1 Å². The SMILES string of the molecule is Cc1nsc(C)c1-c1ccc(C[n+]2cc(N=C([O-])Nc3ccnc(C(F)(F)F)c3)on2)cc1. The Hall–Kier alpha value is -3.80. The number of amidine groups is 1. The average molecular weight is 474 g/mol.